The third-order valence-corrected chi connectivity index (χ3v) is 4.28. The van der Waals surface area contributed by atoms with Gasteiger partial charge in [-0.15, -0.1) is 0 Å². The zero-order valence-electron chi connectivity index (χ0n) is 14.1. The number of alkyl halides is 1. The molecule has 1 aromatic carbocycles. The first-order valence-corrected chi connectivity index (χ1v) is 8.66. The molecule has 1 saturated carbocycles. The van der Waals surface area contributed by atoms with E-state index in [-0.39, 0.29) is 12.2 Å². The molecule has 0 spiro atoms. The molecule has 2 atom stereocenters. The van der Waals surface area contributed by atoms with Gasteiger partial charge in [-0.2, -0.15) is 0 Å². The molecule has 1 aliphatic rings. The number of rotatable bonds is 7. The van der Waals surface area contributed by atoms with E-state index in [1.165, 1.54) is 19.3 Å². The topological polar surface area (TPSA) is 18.5 Å². The van der Waals surface area contributed by atoms with Crippen LogP contribution in [-0.2, 0) is 4.74 Å². The minimum atomic E-state index is -0.922. The first-order chi connectivity index (χ1) is 10.6. The highest BCUT2D eigenvalue weighted by atomic mass is 19.1. The van der Waals surface area contributed by atoms with Gasteiger partial charge in [0.1, 0.15) is 11.9 Å². The lowest BCUT2D eigenvalue weighted by atomic mass is 9.98. The van der Waals surface area contributed by atoms with Gasteiger partial charge in [0, 0.05) is 6.42 Å². The molecule has 3 heteroatoms. The summed E-state index contributed by atoms with van der Waals surface area (Å²) in [5.74, 6) is 0.743. The molecule has 0 amide bonds. The van der Waals surface area contributed by atoms with Crippen molar-refractivity contribution in [2.75, 3.05) is 0 Å². The van der Waals surface area contributed by atoms with E-state index in [9.17, 15) is 4.39 Å². The van der Waals surface area contributed by atoms with Gasteiger partial charge in [0.05, 0.1) is 6.10 Å². The van der Waals surface area contributed by atoms with Gasteiger partial charge in [0.25, 0.3) is 0 Å². The van der Waals surface area contributed by atoms with Gasteiger partial charge < -0.3 is 9.47 Å². The maximum atomic E-state index is 14.0. The molecule has 0 heterocycles. The highest BCUT2D eigenvalue weighted by Crippen LogP contribution is 2.28. The molecule has 2 rings (SSSR count). The van der Waals surface area contributed by atoms with Crippen LogP contribution in [0.15, 0.2) is 24.3 Å². The van der Waals surface area contributed by atoms with Crippen LogP contribution in [0.4, 0.5) is 4.39 Å². The summed E-state index contributed by atoms with van der Waals surface area (Å²) < 4.78 is 25.9. The second-order valence-electron chi connectivity index (χ2n) is 6.57. The Labute approximate surface area is 134 Å². The quantitative estimate of drug-likeness (QED) is 0.591. The molecular weight excluding hydrogens is 279 g/mol. The van der Waals surface area contributed by atoms with Gasteiger partial charge in [-0.3, -0.25) is 0 Å². The molecule has 0 N–H and O–H groups in total. The standard InChI is InChI=1S/C19H29FO2/c1-4-18(21-16-8-6-5-7-9-16)22-17-12-10-15(11-13-17)19(20)14(2)3/h10-14,16,18-19H,4-9H2,1-3H3. The number of hydrogen-bond donors (Lipinski definition) is 0. The van der Waals surface area contributed by atoms with Crippen molar-refractivity contribution in [2.24, 2.45) is 5.92 Å². The van der Waals surface area contributed by atoms with Gasteiger partial charge in [0.2, 0.25) is 0 Å². The van der Waals surface area contributed by atoms with E-state index >= 15 is 0 Å². The van der Waals surface area contributed by atoms with E-state index in [1.807, 2.05) is 38.1 Å². The van der Waals surface area contributed by atoms with Crippen molar-refractivity contribution >= 4 is 0 Å². The van der Waals surface area contributed by atoms with Gasteiger partial charge in [0.15, 0.2) is 6.29 Å². The second-order valence-corrected chi connectivity index (χ2v) is 6.57. The molecule has 1 aliphatic carbocycles. The first kappa shape index (κ1) is 17.3. The van der Waals surface area contributed by atoms with Gasteiger partial charge in [-0.05, 0) is 36.5 Å². The van der Waals surface area contributed by atoms with Crippen molar-refractivity contribution in [3.8, 4) is 5.75 Å². The summed E-state index contributed by atoms with van der Waals surface area (Å²) in [5.41, 5.74) is 0.712. The molecule has 0 bridgehead atoms. The lowest BCUT2D eigenvalue weighted by Gasteiger charge is -2.27. The molecule has 124 valence electrons. The Bertz CT molecular complexity index is 424. The summed E-state index contributed by atoms with van der Waals surface area (Å²) in [5, 5.41) is 0. The minimum absolute atomic E-state index is 0.00945. The normalized spacial score (nSPS) is 19.1. The van der Waals surface area contributed by atoms with Crippen LogP contribution in [0.5, 0.6) is 5.75 Å². The van der Waals surface area contributed by atoms with E-state index in [0.29, 0.717) is 11.7 Å². The molecule has 0 aliphatic heterocycles. The Hall–Kier alpha value is -1.09. The second kappa shape index (κ2) is 8.52. The average molecular weight is 308 g/mol. The average Bonchev–Trinajstić information content (AvgIpc) is 2.55. The maximum absolute atomic E-state index is 14.0. The van der Waals surface area contributed by atoms with Crippen LogP contribution in [-0.4, -0.2) is 12.4 Å². The van der Waals surface area contributed by atoms with E-state index < -0.39 is 6.17 Å². The summed E-state index contributed by atoms with van der Waals surface area (Å²) >= 11 is 0. The Morgan fingerprint density at radius 2 is 1.73 bits per heavy atom. The van der Waals surface area contributed by atoms with Crippen LogP contribution in [0.2, 0.25) is 0 Å². The molecule has 0 saturated heterocycles. The van der Waals surface area contributed by atoms with Crippen molar-refractivity contribution in [2.45, 2.75) is 77.9 Å². The van der Waals surface area contributed by atoms with Crippen molar-refractivity contribution in [3.63, 3.8) is 0 Å². The SMILES string of the molecule is CCC(Oc1ccc(C(F)C(C)C)cc1)OC1CCCCC1. The Balaban J connectivity index is 1.90. The molecule has 22 heavy (non-hydrogen) atoms. The van der Waals surface area contributed by atoms with E-state index in [0.717, 1.165) is 25.0 Å². The van der Waals surface area contributed by atoms with Crippen molar-refractivity contribution in [3.05, 3.63) is 29.8 Å². The van der Waals surface area contributed by atoms with E-state index in [1.54, 1.807) is 0 Å². The molecule has 2 nitrogen and oxygen atoms in total. The summed E-state index contributed by atoms with van der Waals surface area (Å²) in [6.07, 6.45) is 6.11. The fraction of sp³-hybridized carbons (Fsp3) is 0.684. The number of ether oxygens (including phenoxy) is 2. The summed E-state index contributed by atoms with van der Waals surface area (Å²) in [6.45, 7) is 5.85. The van der Waals surface area contributed by atoms with Gasteiger partial charge in [-0.25, -0.2) is 4.39 Å². The number of benzene rings is 1. The molecular formula is C19H29FO2. The zero-order chi connectivity index (χ0) is 15.9. The van der Waals surface area contributed by atoms with Crippen molar-refractivity contribution in [1.29, 1.82) is 0 Å². The van der Waals surface area contributed by atoms with Crippen LogP contribution in [0.25, 0.3) is 0 Å². The van der Waals surface area contributed by atoms with Crippen LogP contribution < -0.4 is 4.74 Å². The monoisotopic (exact) mass is 308 g/mol. The van der Waals surface area contributed by atoms with Gasteiger partial charge in [-0.1, -0.05) is 52.2 Å². The molecule has 1 fully saturated rings. The smallest absolute Gasteiger partial charge is 0.199 e. The lowest BCUT2D eigenvalue weighted by molar-refractivity contribution is -0.129. The van der Waals surface area contributed by atoms with Crippen molar-refractivity contribution in [1.82, 2.24) is 0 Å². The molecule has 1 aromatic rings. The summed E-state index contributed by atoms with van der Waals surface area (Å²) in [6, 6.07) is 7.31. The fourth-order valence-electron chi connectivity index (χ4n) is 2.89. The predicted molar refractivity (Wildman–Crippen MR) is 87.8 cm³/mol. The Morgan fingerprint density at radius 3 is 2.27 bits per heavy atom. The maximum Gasteiger partial charge on any atom is 0.199 e. The van der Waals surface area contributed by atoms with Crippen LogP contribution >= 0.6 is 0 Å². The van der Waals surface area contributed by atoms with Gasteiger partial charge >= 0.3 is 0 Å². The van der Waals surface area contributed by atoms with E-state index in [4.69, 9.17) is 9.47 Å². The number of halogens is 1. The highest BCUT2D eigenvalue weighted by Gasteiger charge is 2.19. The van der Waals surface area contributed by atoms with Crippen LogP contribution in [0.3, 0.4) is 0 Å². The fourth-order valence-corrected chi connectivity index (χ4v) is 2.89. The Morgan fingerprint density at radius 1 is 1.09 bits per heavy atom. The largest absolute Gasteiger partial charge is 0.465 e. The molecule has 0 aromatic heterocycles. The lowest BCUT2D eigenvalue weighted by Crippen LogP contribution is -2.28. The zero-order valence-corrected chi connectivity index (χ0v) is 14.1. The third-order valence-electron chi connectivity index (χ3n) is 4.28. The molecule has 0 radical (unpaired) electrons. The summed E-state index contributed by atoms with van der Waals surface area (Å²) in [4.78, 5) is 0. The highest BCUT2D eigenvalue weighted by molar-refractivity contribution is 5.28. The van der Waals surface area contributed by atoms with Crippen LogP contribution in [0, 0.1) is 5.92 Å². The third kappa shape index (κ3) is 4.98. The van der Waals surface area contributed by atoms with Crippen LogP contribution in [0.1, 0.15) is 71.0 Å². The first-order valence-electron chi connectivity index (χ1n) is 8.66. The Kier molecular flexibility index (Phi) is 6.69. The van der Waals surface area contributed by atoms with Crippen molar-refractivity contribution < 1.29 is 13.9 Å². The number of hydrogen-bond acceptors (Lipinski definition) is 2. The minimum Gasteiger partial charge on any atom is -0.465 e. The predicted octanol–water partition coefficient (Wildman–Crippen LogP) is 5.82. The van der Waals surface area contributed by atoms with E-state index in [2.05, 4.69) is 6.92 Å². The summed E-state index contributed by atoms with van der Waals surface area (Å²) in [7, 11) is 0. The molecule has 2 unspecified atom stereocenters.